The Balaban J connectivity index is 4.60. The highest BCUT2D eigenvalue weighted by Gasteiger charge is 2.24. The first-order valence-electron chi connectivity index (χ1n) is 4.52. The summed E-state index contributed by atoms with van der Waals surface area (Å²) in [6, 6.07) is 0. The summed E-state index contributed by atoms with van der Waals surface area (Å²) in [5, 5.41) is 2.24. The molecule has 0 radical (unpaired) electrons. The van der Waals surface area contributed by atoms with Gasteiger partial charge < -0.3 is 10.1 Å². The molecule has 0 saturated heterocycles. The van der Waals surface area contributed by atoms with Gasteiger partial charge in [0.15, 0.2) is 11.1 Å². The van der Waals surface area contributed by atoms with E-state index in [2.05, 4.69) is 23.2 Å². The molecule has 0 bridgehead atoms. The maximum Gasteiger partial charge on any atom is 0.353 e. The average molecular weight is 263 g/mol. The Morgan fingerprint density at radius 1 is 1.53 bits per heavy atom. The predicted molar refractivity (Wildman–Crippen MR) is 59.2 cm³/mol. The highest BCUT2D eigenvalue weighted by atomic mass is 32.2. The quantitative estimate of drug-likeness (QED) is 0.301. The van der Waals surface area contributed by atoms with Crippen LogP contribution < -0.4 is 5.32 Å². The minimum atomic E-state index is -4.69. The molecule has 1 amide bonds. The summed E-state index contributed by atoms with van der Waals surface area (Å²) < 4.78 is 34.3. The van der Waals surface area contributed by atoms with Crippen molar-refractivity contribution in [3.8, 4) is 0 Å². The van der Waals surface area contributed by atoms with Gasteiger partial charge >= 0.3 is 16.1 Å². The topological polar surface area (TPSA) is 110 Å². The molecule has 96 valence electrons. The molecule has 0 rings (SSSR count). The number of esters is 1. The number of amides is 1. The van der Waals surface area contributed by atoms with Gasteiger partial charge in [-0.2, -0.15) is 8.42 Å². The van der Waals surface area contributed by atoms with Gasteiger partial charge in [-0.25, -0.2) is 4.79 Å². The van der Waals surface area contributed by atoms with Gasteiger partial charge in [-0.05, 0) is 6.08 Å². The van der Waals surface area contributed by atoms with Gasteiger partial charge in [0, 0.05) is 6.42 Å². The second kappa shape index (κ2) is 6.16. The average Bonchev–Trinajstić information content (AvgIpc) is 2.25. The van der Waals surface area contributed by atoms with Gasteiger partial charge in [0.25, 0.3) is 0 Å². The second-order valence-corrected chi connectivity index (χ2v) is 4.36. The summed E-state index contributed by atoms with van der Waals surface area (Å²) in [5.74, 6) is -1.91. The molecule has 0 aromatic heterocycles. The van der Waals surface area contributed by atoms with Crippen molar-refractivity contribution in [3.63, 3.8) is 0 Å². The molecule has 0 aromatic carbocycles. The lowest BCUT2D eigenvalue weighted by molar-refractivity contribution is -0.146. The number of ether oxygens (including phenoxy) is 1. The van der Waals surface area contributed by atoms with Crippen molar-refractivity contribution in [3.05, 3.63) is 24.1 Å². The van der Waals surface area contributed by atoms with Crippen LogP contribution in [0.15, 0.2) is 24.1 Å². The molecule has 0 aliphatic heterocycles. The largest absolute Gasteiger partial charge is 0.438 e. The van der Waals surface area contributed by atoms with E-state index >= 15 is 0 Å². The zero-order valence-electron chi connectivity index (χ0n) is 9.17. The van der Waals surface area contributed by atoms with Crippen LogP contribution in [-0.2, 0) is 24.4 Å². The van der Waals surface area contributed by atoms with E-state index < -0.39 is 33.1 Å². The number of nitrogens with one attached hydrogen (secondary N) is 1. The molecule has 0 aliphatic carbocycles. The SMILES string of the molecule is C=CC(=O)NC(CC)OC(=O)C(=C)S(=O)(=O)O. The maximum absolute atomic E-state index is 11.2. The van der Waals surface area contributed by atoms with E-state index in [0.717, 1.165) is 6.08 Å². The van der Waals surface area contributed by atoms with Crippen LogP contribution in [0, 0.1) is 0 Å². The molecule has 0 aromatic rings. The molecule has 7 nitrogen and oxygen atoms in total. The minimum absolute atomic E-state index is 0.212. The molecule has 1 unspecified atom stereocenters. The van der Waals surface area contributed by atoms with Crippen LogP contribution in [0.25, 0.3) is 0 Å². The van der Waals surface area contributed by atoms with E-state index in [1.54, 1.807) is 6.92 Å². The van der Waals surface area contributed by atoms with E-state index in [4.69, 9.17) is 4.55 Å². The normalized spacial score (nSPS) is 12.4. The smallest absolute Gasteiger partial charge is 0.353 e. The number of carbonyl (C=O) groups is 2. The van der Waals surface area contributed by atoms with Crippen LogP contribution in [-0.4, -0.2) is 31.1 Å². The standard InChI is InChI=1S/C9H13NO6S/c1-4-7(11)10-8(5-2)16-9(12)6(3)17(13,14)15/h4,8H,1,3,5H2,2H3,(H,10,11)(H,13,14,15). The van der Waals surface area contributed by atoms with Crippen LogP contribution >= 0.6 is 0 Å². The van der Waals surface area contributed by atoms with E-state index in [0.29, 0.717) is 0 Å². The zero-order chi connectivity index (χ0) is 13.6. The van der Waals surface area contributed by atoms with Crippen molar-refractivity contribution < 1.29 is 27.3 Å². The van der Waals surface area contributed by atoms with Gasteiger partial charge in [0.1, 0.15) is 0 Å². The fourth-order valence-electron chi connectivity index (χ4n) is 0.733. The zero-order valence-corrected chi connectivity index (χ0v) is 9.99. The molecule has 1 atom stereocenters. The van der Waals surface area contributed by atoms with E-state index in [1.807, 2.05) is 0 Å². The number of hydrogen-bond donors (Lipinski definition) is 2. The van der Waals surface area contributed by atoms with Gasteiger partial charge in [-0.3, -0.25) is 9.35 Å². The highest BCUT2D eigenvalue weighted by molar-refractivity contribution is 7.90. The van der Waals surface area contributed by atoms with Gasteiger partial charge in [-0.1, -0.05) is 20.1 Å². The lowest BCUT2D eigenvalue weighted by Crippen LogP contribution is -2.37. The van der Waals surface area contributed by atoms with Crippen molar-refractivity contribution in [2.24, 2.45) is 0 Å². The van der Waals surface area contributed by atoms with Crippen LogP contribution in [0.2, 0.25) is 0 Å². The van der Waals surface area contributed by atoms with E-state index in [-0.39, 0.29) is 6.42 Å². The third-order valence-corrected chi connectivity index (χ3v) is 2.44. The molecule has 2 N–H and O–H groups in total. The van der Waals surface area contributed by atoms with Crippen LogP contribution in [0.5, 0.6) is 0 Å². The maximum atomic E-state index is 11.2. The second-order valence-electron chi connectivity index (χ2n) is 2.91. The van der Waals surface area contributed by atoms with Crippen molar-refractivity contribution in [1.29, 1.82) is 0 Å². The third kappa shape index (κ3) is 5.27. The van der Waals surface area contributed by atoms with Crippen molar-refractivity contribution in [2.45, 2.75) is 19.6 Å². The molecular weight excluding hydrogens is 250 g/mol. The minimum Gasteiger partial charge on any atom is -0.438 e. The summed E-state index contributed by atoms with van der Waals surface area (Å²) in [6.07, 6.45) is 0.157. The molecule has 0 heterocycles. The molecule has 17 heavy (non-hydrogen) atoms. The van der Waals surface area contributed by atoms with Gasteiger partial charge in [-0.15, -0.1) is 0 Å². The van der Waals surface area contributed by atoms with Crippen LogP contribution in [0.3, 0.4) is 0 Å². The summed E-state index contributed by atoms with van der Waals surface area (Å²) in [7, 11) is -4.69. The summed E-state index contributed by atoms with van der Waals surface area (Å²) in [5.41, 5.74) is 0. The third-order valence-electron chi connectivity index (χ3n) is 1.65. The monoisotopic (exact) mass is 263 g/mol. The van der Waals surface area contributed by atoms with Gasteiger partial charge in [0.05, 0.1) is 0 Å². The molecule has 0 aliphatic rings. The van der Waals surface area contributed by atoms with Crippen molar-refractivity contribution >= 4 is 22.0 Å². The Morgan fingerprint density at radius 2 is 2.06 bits per heavy atom. The molecule has 0 spiro atoms. The Labute approximate surface area is 98.9 Å². The summed E-state index contributed by atoms with van der Waals surface area (Å²) in [6.45, 7) is 7.66. The molecular formula is C9H13NO6S. The summed E-state index contributed by atoms with van der Waals surface area (Å²) in [4.78, 5) is 21.0. The summed E-state index contributed by atoms with van der Waals surface area (Å²) >= 11 is 0. The van der Waals surface area contributed by atoms with Crippen LogP contribution in [0.4, 0.5) is 0 Å². The Hall–Kier alpha value is -1.67. The first-order valence-corrected chi connectivity index (χ1v) is 5.96. The Bertz CT molecular complexity index is 438. The number of carbonyl (C=O) groups excluding carboxylic acids is 2. The van der Waals surface area contributed by atoms with Crippen molar-refractivity contribution in [2.75, 3.05) is 0 Å². The Kier molecular flexibility index (Phi) is 5.56. The predicted octanol–water partition coefficient (Wildman–Crippen LogP) is -0.0306. The van der Waals surface area contributed by atoms with Crippen molar-refractivity contribution in [1.82, 2.24) is 5.32 Å². The molecule has 8 heteroatoms. The first kappa shape index (κ1) is 15.3. The molecule has 0 fully saturated rings. The lowest BCUT2D eigenvalue weighted by Gasteiger charge is -2.16. The fourth-order valence-corrected chi connectivity index (χ4v) is 0.991. The molecule has 0 saturated carbocycles. The lowest BCUT2D eigenvalue weighted by atomic mass is 10.4. The van der Waals surface area contributed by atoms with Crippen LogP contribution in [0.1, 0.15) is 13.3 Å². The number of rotatable bonds is 6. The van der Waals surface area contributed by atoms with E-state index in [1.165, 1.54) is 0 Å². The first-order chi connectivity index (χ1) is 7.72. The highest BCUT2D eigenvalue weighted by Crippen LogP contribution is 2.06. The fraction of sp³-hybridized carbons (Fsp3) is 0.333. The number of hydrogen-bond acceptors (Lipinski definition) is 5. The van der Waals surface area contributed by atoms with Gasteiger partial charge in [0.2, 0.25) is 5.91 Å². The Morgan fingerprint density at radius 3 is 2.41 bits per heavy atom. The van der Waals surface area contributed by atoms with E-state index in [9.17, 15) is 18.0 Å².